The molecule has 3 aromatic rings. The van der Waals surface area contributed by atoms with Gasteiger partial charge in [0.25, 0.3) is 0 Å². The van der Waals surface area contributed by atoms with E-state index >= 15 is 0 Å². The number of morpholine rings is 1. The second-order valence-electron chi connectivity index (χ2n) is 9.98. The van der Waals surface area contributed by atoms with Crippen LogP contribution in [0.1, 0.15) is 24.1 Å². The zero-order chi connectivity index (χ0) is 27.1. The van der Waals surface area contributed by atoms with Gasteiger partial charge in [0.05, 0.1) is 29.3 Å². The van der Waals surface area contributed by atoms with Gasteiger partial charge < -0.3 is 20.3 Å². The number of urea groups is 1. The minimum absolute atomic E-state index is 0.149. The Bertz CT molecular complexity index is 1490. The molecule has 0 aliphatic carbocycles. The average molecular weight is 569 g/mol. The Balaban J connectivity index is 1.36. The molecule has 204 valence electrons. The molecule has 10 nitrogen and oxygen atoms in total. The maximum atomic E-state index is 13.5. The van der Waals surface area contributed by atoms with Crippen LogP contribution < -0.4 is 15.5 Å². The van der Waals surface area contributed by atoms with Crippen molar-refractivity contribution < 1.29 is 17.9 Å². The number of carbonyl (C=O) groups excluding carboxylic acids is 1. The second-order valence-corrected chi connectivity index (χ2v) is 12.4. The first kappa shape index (κ1) is 26.0. The number of anilines is 2. The second kappa shape index (κ2) is 10.4. The number of amides is 2. The van der Waals surface area contributed by atoms with E-state index in [1.807, 2.05) is 12.1 Å². The van der Waals surface area contributed by atoms with Gasteiger partial charge in [0.15, 0.2) is 5.82 Å². The fourth-order valence-corrected chi connectivity index (χ4v) is 6.95. The molecule has 2 fully saturated rings. The van der Waals surface area contributed by atoms with E-state index < -0.39 is 10.0 Å². The molecule has 2 unspecified atom stereocenters. The lowest BCUT2D eigenvalue weighted by Gasteiger charge is -2.36. The van der Waals surface area contributed by atoms with Crippen LogP contribution in [0.15, 0.2) is 53.4 Å². The molecule has 4 heterocycles. The van der Waals surface area contributed by atoms with E-state index in [2.05, 4.69) is 15.5 Å². The number of halogens is 1. The topological polar surface area (TPSA) is 117 Å². The van der Waals surface area contributed by atoms with Crippen LogP contribution in [0.3, 0.4) is 0 Å². The standard InChI is InChI=1S/C27H29ClN6O4S/c1-29-27(35)30-19-6-2-17(3-7-19)25-31-24-16-34(39(36,37)22-10-4-18(28)5-11-22)13-12-23(24)26(32-25)33-14-20-8-9-21(15-33)38-20/h2-7,10-11,20-21H,8-9,12-16H2,1H3,(H2,29,30,35). The van der Waals surface area contributed by atoms with E-state index in [0.29, 0.717) is 35.2 Å². The van der Waals surface area contributed by atoms with Crippen molar-refractivity contribution in [3.63, 3.8) is 0 Å². The normalized spacial score (nSPS) is 20.9. The maximum absolute atomic E-state index is 13.5. The lowest BCUT2D eigenvalue weighted by Crippen LogP contribution is -2.44. The molecule has 3 aliphatic heterocycles. The fourth-order valence-electron chi connectivity index (χ4n) is 5.42. The first-order valence-corrected chi connectivity index (χ1v) is 14.8. The van der Waals surface area contributed by atoms with E-state index in [0.717, 1.165) is 42.9 Å². The first-order chi connectivity index (χ1) is 18.8. The van der Waals surface area contributed by atoms with Gasteiger partial charge >= 0.3 is 6.03 Å². The maximum Gasteiger partial charge on any atom is 0.318 e. The average Bonchev–Trinajstić information content (AvgIpc) is 3.29. The molecule has 2 bridgehead atoms. The van der Waals surface area contributed by atoms with Crippen molar-refractivity contribution in [3.8, 4) is 11.4 Å². The van der Waals surface area contributed by atoms with E-state index in [-0.39, 0.29) is 29.7 Å². The number of rotatable bonds is 5. The predicted molar refractivity (Wildman–Crippen MR) is 148 cm³/mol. The molecule has 3 aliphatic rings. The Morgan fingerprint density at radius 1 is 1.03 bits per heavy atom. The summed E-state index contributed by atoms with van der Waals surface area (Å²) in [5.41, 5.74) is 3.10. The zero-order valence-electron chi connectivity index (χ0n) is 21.4. The summed E-state index contributed by atoms with van der Waals surface area (Å²) in [4.78, 5) is 24.1. The Morgan fingerprint density at radius 3 is 2.38 bits per heavy atom. The van der Waals surface area contributed by atoms with Crippen molar-refractivity contribution in [1.29, 1.82) is 0 Å². The quantitative estimate of drug-likeness (QED) is 0.482. The van der Waals surface area contributed by atoms with E-state index in [9.17, 15) is 13.2 Å². The molecule has 2 atom stereocenters. The summed E-state index contributed by atoms with van der Waals surface area (Å²) < 4.78 is 34.5. The van der Waals surface area contributed by atoms with E-state index in [4.69, 9.17) is 26.3 Å². The summed E-state index contributed by atoms with van der Waals surface area (Å²) >= 11 is 5.99. The van der Waals surface area contributed by atoms with Gasteiger partial charge in [-0.25, -0.2) is 23.2 Å². The highest BCUT2D eigenvalue weighted by molar-refractivity contribution is 7.89. The van der Waals surface area contributed by atoms with E-state index in [1.165, 1.54) is 16.4 Å². The Morgan fingerprint density at radius 2 is 1.72 bits per heavy atom. The van der Waals surface area contributed by atoms with E-state index in [1.54, 1.807) is 31.3 Å². The number of nitrogens with zero attached hydrogens (tertiary/aromatic N) is 4. The molecule has 12 heteroatoms. The van der Waals surface area contributed by atoms with Crippen LogP contribution in [0.2, 0.25) is 5.02 Å². The summed E-state index contributed by atoms with van der Waals surface area (Å²) in [6.45, 7) is 1.99. The van der Waals surface area contributed by atoms with Gasteiger partial charge in [0, 0.05) is 48.5 Å². The van der Waals surface area contributed by atoms with Crippen LogP contribution in [0.25, 0.3) is 11.4 Å². The molecular formula is C27H29ClN6O4S. The molecule has 39 heavy (non-hydrogen) atoms. The van der Waals surface area contributed by atoms with Gasteiger partial charge in [-0.2, -0.15) is 4.31 Å². The Hall–Kier alpha value is -3.25. The Kier molecular flexibility index (Phi) is 6.92. The lowest BCUT2D eigenvalue weighted by atomic mass is 10.0. The molecule has 0 radical (unpaired) electrons. The smallest absolute Gasteiger partial charge is 0.318 e. The molecule has 2 saturated heterocycles. The molecule has 2 aromatic carbocycles. The number of carbonyl (C=O) groups is 1. The largest absolute Gasteiger partial charge is 0.371 e. The van der Waals surface area contributed by atoms with Crippen molar-refractivity contribution in [3.05, 3.63) is 64.8 Å². The van der Waals surface area contributed by atoms with Crippen LogP contribution in [0.5, 0.6) is 0 Å². The SMILES string of the molecule is CNC(=O)Nc1ccc(-c2nc3c(c(N4CC5CCC(C4)O5)n2)CCN(S(=O)(=O)c2ccc(Cl)cc2)C3)cc1. The van der Waals surface area contributed by atoms with Gasteiger partial charge in [0.1, 0.15) is 5.82 Å². The number of fused-ring (bicyclic) bond motifs is 3. The van der Waals surface area contributed by atoms with Crippen molar-refractivity contribution in [2.45, 2.75) is 42.9 Å². The minimum atomic E-state index is -3.73. The molecule has 2 amide bonds. The molecule has 0 saturated carbocycles. The van der Waals surface area contributed by atoms with Crippen LogP contribution in [0.4, 0.5) is 16.3 Å². The fraction of sp³-hybridized carbons (Fsp3) is 0.370. The summed E-state index contributed by atoms with van der Waals surface area (Å²) in [5.74, 6) is 1.37. The van der Waals surface area contributed by atoms with Gasteiger partial charge in [-0.3, -0.25) is 0 Å². The molecule has 0 spiro atoms. The number of sulfonamides is 1. The molecule has 1 aromatic heterocycles. The highest BCUT2D eigenvalue weighted by Gasteiger charge is 2.37. The summed E-state index contributed by atoms with van der Waals surface area (Å²) in [6.07, 6.45) is 2.94. The summed E-state index contributed by atoms with van der Waals surface area (Å²) in [7, 11) is -2.17. The van der Waals surface area contributed by atoms with Crippen LogP contribution in [-0.2, 0) is 27.7 Å². The molecular weight excluding hydrogens is 540 g/mol. The first-order valence-electron chi connectivity index (χ1n) is 13.0. The van der Waals surface area contributed by atoms with Gasteiger partial charge in [-0.15, -0.1) is 0 Å². The van der Waals surface area contributed by atoms with Crippen molar-refractivity contribution >= 4 is 39.2 Å². The van der Waals surface area contributed by atoms with Crippen molar-refractivity contribution in [1.82, 2.24) is 19.6 Å². The number of hydrogen-bond donors (Lipinski definition) is 2. The number of nitrogens with one attached hydrogen (secondary N) is 2. The van der Waals surface area contributed by atoms with Gasteiger partial charge in [-0.1, -0.05) is 11.6 Å². The van der Waals surface area contributed by atoms with Gasteiger partial charge in [0.2, 0.25) is 10.0 Å². The number of aromatic nitrogens is 2. The van der Waals surface area contributed by atoms with Crippen molar-refractivity contribution in [2.75, 3.05) is 36.9 Å². The van der Waals surface area contributed by atoms with Crippen LogP contribution in [0, 0.1) is 0 Å². The minimum Gasteiger partial charge on any atom is -0.371 e. The third-order valence-electron chi connectivity index (χ3n) is 7.43. The van der Waals surface area contributed by atoms with Gasteiger partial charge in [-0.05, 0) is 67.8 Å². The monoisotopic (exact) mass is 568 g/mol. The number of benzene rings is 2. The third-order valence-corrected chi connectivity index (χ3v) is 9.54. The highest BCUT2D eigenvalue weighted by Crippen LogP contribution is 2.35. The number of ether oxygens (including phenoxy) is 1. The predicted octanol–water partition coefficient (Wildman–Crippen LogP) is 3.66. The lowest BCUT2D eigenvalue weighted by molar-refractivity contribution is 0.0301. The Labute approximate surface area is 232 Å². The van der Waals surface area contributed by atoms with Crippen LogP contribution in [-0.4, -0.2) is 67.6 Å². The number of hydrogen-bond acceptors (Lipinski definition) is 7. The summed E-state index contributed by atoms with van der Waals surface area (Å²) in [6, 6.07) is 13.2. The molecule has 2 N–H and O–H groups in total. The van der Waals surface area contributed by atoms with Crippen molar-refractivity contribution in [2.24, 2.45) is 0 Å². The van der Waals surface area contributed by atoms with Crippen LogP contribution >= 0.6 is 11.6 Å². The third kappa shape index (κ3) is 5.19. The molecule has 6 rings (SSSR count). The zero-order valence-corrected chi connectivity index (χ0v) is 23.0. The highest BCUT2D eigenvalue weighted by atomic mass is 35.5. The summed E-state index contributed by atoms with van der Waals surface area (Å²) in [5, 5.41) is 5.76.